The van der Waals surface area contributed by atoms with Crippen molar-refractivity contribution in [2.75, 3.05) is 13.1 Å². The highest BCUT2D eigenvalue weighted by Crippen LogP contribution is 2.22. The minimum Gasteiger partial charge on any atom is -0.301 e. The normalized spacial score (nSPS) is 16.4. The number of hydrogen-bond donors (Lipinski definition) is 0. The first kappa shape index (κ1) is 10.8. The van der Waals surface area contributed by atoms with Crippen LogP contribution in [-0.4, -0.2) is 27.4 Å². The third kappa shape index (κ3) is 1.65. The van der Waals surface area contributed by atoms with Gasteiger partial charge in [-0.3, -0.25) is 4.90 Å². The van der Waals surface area contributed by atoms with Crippen LogP contribution in [0.25, 0.3) is 5.65 Å². The molecule has 0 fully saturated rings. The summed E-state index contributed by atoms with van der Waals surface area (Å²) in [5.41, 5.74) is 6.41. The van der Waals surface area contributed by atoms with E-state index in [2.05, 4.69) is 42.2 Å². The summed E-state index contributed by atoms with van der Waals surface area (Å²) < 4.78 is 2.33. The van der Waals surface area contributed by atoms with E-state index >= 15 is 0 Å². The molecule has 3 rings (SSSR count). The molecule has 0 atom stereocenters. The van der Waals surface area contributed by atoms with E-state index in [1.54, 1.807) is 0 Å². The standard InChI is InChI=1S/C14H19N3/c1-4-16-6-5-13-12(9-16)15-14-8-10(2)7-11(3)17(13)14/h7-8H,4-6,9H2,1-3H3. The van der Waals surface area contributed by atoms with Gasteiger partial charge in [-0.25, -0.2) is 4.98 Å². The molecular formula is C14H19N3. The van der Waals surface area contributed by atoms with Crippen LogP contribution >= 0.6 is 0 Å². The fraction of sp³-hybridized carbons (Fsp3) is 0.500. The predicted molar refractivity (Wildman–Crippen MR) is 69.3 cm³/mol. The molecule has 3 heterocycles. The van der Waals surface area contributed by atoms with Gasteiger partial charge in [-0.05, 0) is 38.1 Å². The molecule has 2 aromatic heterocycles. The van der Waals surface area contributed by atoms with Gasteiger partial charge in [-0.1, -0.05) is 6.92 Å². The van der Waals surface area contributed by atoms with Gasteiger partial charge in [0.2, 0.25) is 0 Å². The fourth-order valence-corrected chi connectivity index (χ4v) is 2.86. The lowest BCUT2D eigenvalue weighted by atomic mass is 10.1. The van der Waals surface area contributed by atoms with Crippen LogP contribution in [0.1, 0.15) is 29.6 Å². The zero-order valence-electron chi connectivity index (χ0n) is 10.8. The van der Waals surface area contributed by atoms with Gasteiger partial charge in [0.1, 0.15) is 5.65 Å². The number of aromatic nitrogens is 2. The van der Waals surface area contributed by atoms with E-state index in [0.717, 1.165) is 31.7 Å². The van der Waals surface area contributed by atoms with Crippen LogP contribution in [0.2, 0.25) is 0 Å². The van der Waals surface area contributed by atoms with Crippen molar-refractivity contribution in [1.29, 1.82) is 0 Å². The lowest BCUT2D eigenvalue weighted by Crippen LogP contribution is -2.30. The smallest absolute Gasteiger partial charge is 0.137 e. The first-order valence-corrected chi connectivity index (χ1v) is 6.39. The monoisotopic (exact) mass is 229 g/mol. The number of rotatable bonds is 1. The number of imidazole rings is 1. The second kappa shape index (κ2) is 3.84. The Morgan fingerprint density at radius 2 is 2.12 bits per heavy atom. The molecule has 0 saturated carbocycles. The van der Waals surface area contributed by atoms with Gasteiger partial charge in [0.25, 0.3) is 0 Å². The van der Waals surface area contributed by atoms with Crippen molar-refractivity contribution in [3.05, 3.63) is 34.8 Å². The zero-order valence-corrected chi connectivity index (χ0v) is 10.8. The molecule has 0 N–H and O–H groups in total. The first-order valence-electron chi connectivity index (χ1n) is 6.39. The molecule has 1 aliphatic rings. The lowest BCUT2D eigenvalue weighted by Gasteiger charge is -2.24. The van der Waals surface area contributed by atoms with Gasteiger partial charge in [0.15, 0.2) is 0 Å². The number of fused-ring (bicyclic) bond motifs is 3. The maximum Gasteiger partial charge on any atom is 0.137 e. The van der Waals surface area contributed by atoms with E-state index in [1.807, 2.05) is 0 Å². The van der Waals surface area contributed by atoms with Crippen molar-refractivity contribution in [3.8, 4) is 0 Å². The maximum atomic E-state index is 4.79. The Bertz CT molecular complexity index is 568. The van der Waals surface area contributed by atoms with Crippen LogP contribution in [0.5, 0.6) is 0 Å². The van der Waals surface area contributed by atoms with Crippen LogP contribution in [0.3, 0.4) is 0 Å². The molecule has 2 aromatic rings. The summed E-state index contributed by atoms with van der Waals surface area (Å²) in [4.78, 5) is 7.25. The first-order chi connectivity index (χ1) is 8.19. The molecular weight excluding hydrogens is 210 g/mol. The third-order valence-corrected chi connectivity index (χ3v) is 3.71. The molecule has 0 spiro atoms. The van der Waals surface area contributed by atoms with E-state index < -0.39 is 0 Å². The Labute approximate surface area is 102 Å². The molecule has 3 nitrogen and oxygen atoms in total. The second-order valence-electron chi connectivity index (χ2n) is 4.99. The fourth-order valence-electron chi connectivity index (χ4n) is 2.86. The van der Waals surface area contributed by atoms with Crippen molar-refractivity contribution < 1.29 is 0 Å². The summed E-state index contributed by atoms with van der Waals surface area (Å²) in [6.45, 7) is 9.81. The Morgan fingerprint density at radius 3 is 2.88 bits per heavy atom. The number of pyridine rings is 1. The average molecular weight is 229 g/mol. The lowest BCUT2D eigenvalue weighted by molar-refractivity contribution is 0.263. The van der Waals surface area contributed by atoms with Crippen molar-refractivity contribution in [3.63, 3.8) is 0 Å². The highest BCUT2D eigenvalue weighted by molar-refractivity contribution is 5.48. The molecule has 0 unspecified atom stereocenters. The number of nitrogens with zero attached hydrogens (tertiary/aromatic N) is 3. The second-order valence-corrected chi connectivity index (χ2v) is 4.99. The van der Waals surface area contributed by atoms with Crippen LogP contribution in [0.4, 0.5) is 0 Å². The highest BCUT2D eigenvalue weighted by Gasteiger charge is 2.20. The van der Waals surface area contributed by atoms with E-state index in [4.69, 9.17) is 4.98 Å². The van der Waals surface area contributed by atoms with Crippen molar-refractivity contribution >= 4 is 5.65 Å². The SMILES string of the molecule is CCN1CCc2c(nc3cc(C)cc(C)n23)C1. The molecule has 0 aliphatic carbocycles. The van der Waals surface area contributed by atoms with Crippen molar-refractivity contribution in [1.82, 2.24) is 14.3 Å². The summed E-state index contributed by atoms with van der Waals surface area (Å²) in [5.74, 6) is 0. The van der Waals surface area contributed by atoms with Crippen LogP contribution in [0, 0.1) is 13.8 Å². The molecule has 0 radical (unpaired) electrons. The van der Waals surface area contributed by atoms with Gasteiger partial charge >= 0.3 is 0 Å². The minimum atomic E-state index is 1.01. The molecule has 0 aromatic carbocycles. The highest BCUT2D eigenvalue weighted by atomic mass is 15.2. The molecule has 0 saturated heterocycles. The average Bonchev–Trinajstić information content (AvgIpc) is 2.65. The van der Waals surface area contributed by atoms with Gasteiger partial charge in [0, 0.05) is 30.9 Å². The molecule has 90 valence electrons. The van der Waals surface area contributed by atoms with Gasteiger partial charge in [-0.2, -0.15) is 0 Å². The van der Waals surface area contributed by atoms with Crippen LogP contribution in [0.15, 0.2) is 12.1 Å². The van der Waals surface area contributed by atoms with E-state index in [1.165, 1.54) is 22.6 Å². The van der Waals surface area contributed by atoms with E-state index in [0.29, 0.717) is 0 Å². The minimum absolute atomic E-state index is 1.01. The number of likely N-dealkylation sites (N-methyl/N-ethyl adjacent to an activating group) is 1. The van der Waals surface area contributed by atoms with E-state index in [9.17, 15) is 0 Å². The zero-order chi connectivity index (χ0) is 12.0. The summed E-state index contributed by atoms with van der Waals surface area (Å²) >= 11 is 0. The third-order valence-electron chi connectivity index (χ3n) is 3.71. The van der Waals surface area contributed by atoms with Crippen molar-refractivity contribution in [2.24, 2.45) is 0 Å². The van der Waals surface area contributed by atoms with E-state index in [-0.39, 0.29) is 0 Å². The molecule has 0 amide bonds. The number of hydrogen-bond acceptors (Lipinski definition) is 2. The summed E-state index contributed by atoms with van der Waals surface area (Å²) in [6, 6.07) is 4.42. The molecule has 0 bridgehead atoms. The van der Waals surface area contributed by atoms with Crippen LogP contribution in [-0.2, 0) is 13.0 Å². The summed E-state index contributed by atoms with van der Waals surface area (Å²) in [7, 11) is 0. The van der Waals surface area contributed by atoms with Gasteiger partial charge in [0.05, 0.1) is 5.69 Å². The summed E-state index contributed by atoms with van der Waals surface area (Å²) in [6.07, 6.45) is 1.12. The van der Waals surface area contributed by atoms with Crippen molar-refractivity contribution in [2.45, 2.75) is 33.7 Å². The quantitative estimate of drug-likeness (QED) is 0.748. The van der Waals surface area contributed by atoms with Gasteiger partial charge in [-0.15, -0.1) is 0 Å². The molecule has 3 heteroatoms. The largest absolute Gasteiger partial charge is 0.301 e. The predicted octanol–water partition coefficient (Wildman–Crippen LogP) is 2.33. The topological polar surface area (TPSA) is 20.5 Å². The Kier molecular flexibility index (Phi) is 2.44. The Morgan fingerprint density at radius 1 is 1.29 bits per heavy atom. The summed E-state index contributed by atoms with van der Waals surface area (Å²) in [5, 5.41) is 0. The molecule has 17 heavy (non-hydrogen) atoms. The Balaban J connectivity index is 2.18. The van der Waals surface area contributed by atoms with Crippen LogP contribution < -0.4 is 0 Å². The Hall–Kier alpha value is -1.35. The number of aryl methyl sites for hydroxylation is 2. The molecule has 1 aliphatic heterocycles. The van der Waals surface area contributed by atoms with Gasteiger partial charge < -0.3 is 4.40 Å². The maximum absolute atomic E-state index is 4.79.